The lowest BCUT2D eigenvalue weighted by Gasteiger charge is -2.03. The monoisotopic (exact) mass is 263 g/mol. The summed E-state index contributed by atoms with van der Waals surface area (Å²) < 4.78 is 0. The molecule has 0 aliphatic heterocycles. The highest BCUT2D eigenvalue weighted by atomic mass is 27.1. The van der Waals surface area contributed by atoms with Crippen LogP contribution in [0.15, 0.2) is 30.3 Å². The number of carbonyl (C=O) groups is 1. The second-order valence-corrected chi connectivity index (χ2v) is 6.74. The second kappa shape index (κ2) is 10.2. The van der Waals surface area contributed by atoms with E-state index < -0.39 is 5.97 Å². The van der Waals surface area contributed by atoms with Gasteiger partial charge in [0.25, 0.3) is 0 Å². The average molecular weight is 263 g/mol. The molecule has 0 aromatic heterocycles. The molecule has 0 aliphatic rings. The largest absolute Gasteiger partial charge is 0.478 e. The minimum absolute atomic E-state index is 0.331. The number of carboxylic acids is 1. The van der Waals surface area contributed by atoms with E-state index in [0.717, 1.165) is 27.1 Å². The third-order valence-electron chi connectivity index (χ3n) is 2.30. The van der Waals surface area contributed by atoms with Gasteiger partial charge in [-0.3, -0.25) is 0 Å². The molecule has 1 aromatic rings. The van der Waals surface area contributed by atoms with E-state index in [2.05, 4.69) is 27.7 Å². The molecule has 0 heterocycles. The van der Waals surface area contributed by atoms with Crippen molar-refractivity contribution in [2.75, 3.05) is 0 Å². The fraction of sp³-hybridized carbons (Fsp3) is 0.533. The van der Waals surface area contributed by atoms with Crippen molar-refractivity contribution in [3.63, 3.8) is 0 Å². The van der Waals surface area contributed by atoms with E-state index in [0.29, 0.717) is 5.56 Å². The maximum absolute atomic E-state index is 10.2. The van der Waals surface area contributed by atoms with E-state index in [1.54, 1.807) is 30.3 Å². The molecule has 0 unspecified atom stereocenters. The maximum Gasteiger partial charge on any atom is 0.335 e. The molecular weight excluding hydrogens is 239 g/mol. The first-order valence-corrected chi connectivity index (χ1v) is 8.16. The van der Waals surface area contributed by atoms with Gasteiger partial charge in [-0.25, -0.2) is 4.79 Å². The Bertz CT molecular complexity index is 313. The Morgan fingerprint density at radius 1 is 1.06 bits per heavy atom. The van der Waals surface area contributed by atoms with Gasteiger partial charge < -0.3 is 5.11 Å². The van der Waals surface area contributed by atoms with Crippen LogP contribution in [0.2, 0.25) is 10.6 Å². The topological polar surface area (TPSA) is 37.3 Å². The zero-order valence-electron chi connectivity index (χ0n) is 11.9. The van der Waals surface area contributed by atoms with E-state index >= 15 is 0 Å². The van der Waals surface area contributed by atoms with E-state index in [-0.39, 0.29) is 0 Å². The summed E-state index contributed by atoms with van der Waals surface area (Å²) >= 11 is 0.755. The Labute approximate surface area is 117 Å². The highest BCUT2D eigenvalue weighted by Crippen LogP contribution is 2.05. The first-order chi connectivity index (χ1) is 8.43. The number of hydrogen-bond acceptors (Lipinski definition) is 1. The summed E-state index contributed by atoms with van der Waals surface area (Å²) in [5.74, 6) is 0.980. The van der Waals surface area contributed by atoms with Gasteiger partial charge in [0.05, 0.1) is 5.56 Å². The van der Waals surface area contributed by atoms with Gasteiger partial charge in [-0.2, -0.15) is 0 Å². The van der Waals surface area contributed by atoms with E-state index in [1.807, 2.05) is 0 Å². The van der Waals surface area contributed by atoms with Gasteiger partial charge in [0.2, 0.25) is 15.2 Å². The van der Waals surface area contributed by atoms with Crippen LogP contribution in [0.1, 0.15) is 38.1 Å². The lowest BCUT2D eigenvalue weighted by atomic mass is 10.2. The van der Waals surface area contributed by atoms with Crippen LogP contribution >= 0.6 is 0 Å². The van der Waals surface area contributed by atoms with Crippen LogP contribution in [0.25, 0.3) is 0 Å². The number of benzene rings is 1. The lowest BCUT2D eigenvalue weighted by Crippen LogP contribution is -1.99. The van der Waals surface area contributed by atoms with E-state index in [9.17, 15) is 4.79 Å². The first-order valence-electron chi connectivity index (χ1n) is 6.53. The van der Waals surface area contributed by atoms with Gasteiger partial charge in [0.15, 0.2) is 0 Å². The molecule has 1 aromatic carbocycles. The van der Waals surface area contributed by atoms with Crippen molar-refractivity contribution in [2.24, 2.45) is 11.8 Å². The molecule has 0 fully saturated rings. The molecule has 1 rings (SSSR count). The van der Waals surface area contributed by atoms with Crippen LogP contribution in [0, 0.1) is 11.8 Å². The van der Waals surface area contributed by atoms with Crippen molar-refractivity contribution in [3.05, 3.63) is 35.9 Å². The summed E-state index contributed by atoms with van der Waals surface area (Å²) in [4.78, 5) is 10.2. The van der Waals surface area contributed by atoms with Gasteiger partial charge >= 0.3 is 5.97 Å². The van der Waals surface area contributed by atoms with Crippen LogP contribution in [-0.4, -0.2) is 26.3 Å². The number of carboxylic acid groups (broad SMARTS) is 1. The lowest BCUT2D eigenvalue weighted by molar-refractivity contribution is 0.0697. The fourth-order valence-corrected chi connectivity index (χ4v) is 2.87. The Kier molecular flexibility index (Phi) is 9.73. The van der Waals surface area contributed by atoms with Crippen molar-refractivity contribution in [3.8, 4) is 0 Å². The Morgan fingerprint density at radius 3 is 1.78 bits per heavy atom. The summed E-state index contributed by atoms with van der Waals surface area (Å²) in [6.07, 6.45) is 0. The van der Waals surface area contributed by atoms with Gasteiger partial charge in [-0.1, -0.05) is 57.7 Å². The highest BCUT2D eigenvalue weighted by Gasteiger charge is 1.98. The molecule has 3 heteroatoms. The second-order valence-electron chi connectivity index (χ2n) is 5.22. The first kappa shape index (κ1) is 17.2. The third-order valence-corrected chi connectivity index (χ3v) is 4.85. The van der Waals surface area contributed by atoms with Crippen molar-refractivity contribution >= 4 is 21.2 Å². The minimum Gasteiger partial charge on any atom is -0.478 e. The SMILES string of the molecule is CC(C)[CH2][Al][CH2]C(C)C.O=C(O)c1ccccc1. The Balaban J connectivity index is 0.000000321. The summed E-state index contributed by atoms with van der Waals surface area (Å²) in [5, 5.41) is 11.4. The summed E-state index contributed by atoms with van der Waals surface area (Å²) in [5.41, 5.74) is 0.331. The van der Waals surface area contributed by atoms with Gasteiger partial charge in [0.1, 0.15) is 0 Å². The summed E-state index contributed by atoms with van der Waals surface area (Å²) in [6, 6.07) is 8.30. The fourth-order valence-electron chi connectivity index (χ4n) is 1.34. The molecule has 0 atom stereocenters. The molecule has 1 N–H and O–H groups in total. The van der Waals surface area contributed by atoms with Crippen LogP contribution in [0.5, 0.6) is 0 Å². The van der Waals surface area contributed by atoms with Crippen LogP contribution in [-0.2, 0) is 0 Å². The third kappa shape index (κ3) is 10.4. The molecule has 99 valence electrons. The maximum atomic E-state index is 10.2. The van der Waals surface area contributed by atoms with Crippen molar-refractivity contribution in [2.45, 2.75) is 38.3 Å². The van der Waals surface area contributed by atoms with Crippen LogP contribution < -0.4 is 0 Å². The smallest absolute Gasteiger partial charge is 0.335 e. The Morgan fingerprint density at radius 2 is 1.50 bits per heavy atom. The molecule has 18 heavy (non-hydrogen) atoms. The molecule has 0 aliphatic carbocycles. The molecule has 0 saturated heterocycles. The van der Waals surface area contributed by atoms with Crippen molar-refractivity contribution in [1.82, 2.24) is 0 Å². The van der Waals surface area contributed by atoms with Gasteiger partial charge in [-0.15, -0.1) is 10.6 Å². The van der Waals surface area contributed by atoms with Gasteiger partial charge in [0, 0.05) is 0 Å². The zero-order valence-corrected chi connectivity index (χ0v) is 13.0. The Hall–Kier alpha value is -0.778. The summed E-state index contributed by atoms with van der Waals surface area (Å²) in [7, 11) is 0. The summed E-state index contributed by atoms with van der Waals surface area (Å²) in [6.45, 7) is 9.25. The number of hydrogen-bond donors (Lipinski definition) is 1. The standard InChI is InChI=1S/C7H6O2.2C4H9.Al/c8-7(9)6-4-2-1-3-5-6;2*1-4(2)3;/h1-5H,(H,8,9);2*4H,1H2,2-3H3;. The zero-order chi connectivity index (χ0) is 14.0. The molecule has 0 bridgehead atoms. The number of rotatable bonds is 5. The predicted octanol–water partition coefficient (Wildman–Crippen LogP) is 4.22. The average Bonchev–Trinajstić information content (AvgIpc) is 2.30. The molecule has 0 saturated carbocycles. The van der Waals surface area contributed by atoms with Crippen molar-refractivity contribution in [1.29, 1.82) is 0 Å². The molecule has 1 radical (unpaired) electrons. The van der Waals surface area contributed by atoms with Crippen molar-refractivity contribution < 1.29 is 9.90 Å². The normalized spacial score (nSPS) is 9.89. The number of aromatic carboxylic acids is 1. The quantitative estimate of drug-likeness (QED) is 0.807. The highest BCUT2D eigenvalue weighted by molar-refractivity contribution is 6.35. The minimum atomic E-state index is -0.879. The van der Waals surface area contributed by atoms with E-state index in [4.69, 9.17) is 5.11 Å². The molecule has 0 spiro atoms. The van der Waals surface area contributed by atoms with Crippen LogP contribution in [0.3, 0.4) is 0 Å². The van der Waals surface area contributed by atoms with E-state index in [1.165, 1.54) is 10.6 Å². The molecule has 2 nitrogen and oxygen atoms in total. The predicted molar refractivity (Wildman–Crippen MR) is 78.4 cm³/mol. The molecular formula is C15H24AlO2. The van der Waals surface area contributed by atoms with Crippen LogP contribution in [0.4, 0.5) is 0 Å². The van der Waals surface area contributed by atoms with Gasteiger partial charge in [-0.05, 0) is 12.1 Å². The molecule has 0 amide bonds.